The molecule has 2 aromatic rings. The molecule has 3 rings (SSSR count). The smallest absolute Gasteiger partial charge is 0.0656 e. The molecule has 0 radical (unpaired) electrons. The summed E-state index contributed by atoms with van der Waals surface area (Å²) in [5, 5.41) is 8.31. The summed E-state index contributed by atoms with van der Waals surface area (Å²) < 4.78 is 0. The van der Waals surface area contributed by atoms with E-state index >= 15 is 0 Å². The Hall–Kier alpha value is -1.87. The highest BCUT2D eigenvalue weighted by atomic mass is 15.1. The van der Waals surface area contributed by atoms with E-state index in [0.717, 1.165) is 17.3 Å². The highest BCUT2D eigenvalue weighted by Gasteiger charge is 2.27. The Kier molecular flexibility index (Phi) is 2.99. The Morgan fingerprint density at radius 1 is 1.47 bits per heavy atom. The third-order valence-electron chi connectivity index (χ3n) is 3.72. The SMILES string of the molecule is CCC=C(C1=CC1CN)c1cc2[nH]ncc2cc1C. The molecule has 3 heteroatoms. The van der Waals surface area contributed by atoms with Crippen LogP contribution in [-0.4, -0.2) is 16.7 Å². The normalized spacial score (nSPS) is 18.8. The molecular weight excluding hydrogens is 234 g/mol. The van der Waals surface area contributed by atoms with Crippen LogP contribution in [0.1, 0.15) is 24.5 Å². The molecule has 0 saturated carbocycles. The molecule has 0 fully saturated rings. The van der Waals surface area contributed by atoms with Gasteiger partial charge in [-0.2, -0.15) is 5.10 Å². The summed E-state index contributed by atoms with van der Waals surface area (Å²) in [5.74, 6) is 0.467. The second-order valence-electron chi connectivity index (χ2n) is 5.11. The van der Waals surface area contributed by atoms with Crippen LogP contribution in [0.5, 0.6) is 0 Å². The number of nitrogens with two attached hydrogens (primary N) is 1. The fourth-order valence-electron chi connectivity index (χ4n) is 2.64. The minimum absolute atomic E-state index is 0.467. The van der Waals surface area contributed by atoms with E-state index in [1.807, 2.05) is 6.20 Å². The van der Waals surface area contributed by atoms with Crippen LogP contribution in [0.4, 0.5) is 0 Å². The van der Waals surface area contributed by atoms with Crippen LogP contribution in [0, 0.1) is 12.8 Å². The number of nitrogens with one attached hydrogen (secondary N) is 1. The average molecular weight is 253 g/mol. The van der Waals surface area contributed by atoms with Crippen molar-refractivity contribution in [3.63, 3.8) is 0 Å². The van der Waals surface area contributed by atoms with Crippen LogP contribution < -0.4 is 5.73 Å². The predicted molar refractivity (Wildman–Crippen MR) is 79.7 cm³/mol. The molecule has 1 unspecified atom stereocenters. The lowest BCUT2D eigenvalue weighted by Crippen LogP contribution is -2.04. The van der Waals surface area contributed by atoms with Gasteiger partial charge < -0.3 is 5.73 Å². The molecule has 19 heavy (non-hydrogen) atoms. The van der Waals surface area contributed by atoms with Gasteiger partial charge in [0.25, 0.3) is 0 Å². The lowest BCUT2D eigenvalue weighted by Gasteiger charge is -2.10. The van der Waals surface area contributed by atoms with Crippen molar-refractivity contribution in [3.05, 3.63) is 47.2 Å². The zero-order valence-corrected chi connectivity index (χ0v) is 11.4. The minimum Gasteiger partial charge on any atom is -0.330 e. The molecular formula is C16H19N3. The molecule has 0 aliphatic heterocycles. The van der Waals surface area contributed by atoms with Crippen molar-refractivity contribution in [2.24, 2.45) is 11.7 Å². The van der Waals surface area contributed by atoms with Gasteiger partial charge in [0.1, 0.15) is 0 Å². The highest BCUT2D eigenvalue weighted by molar-refractivity contribution is 5.91. The van der Waals surface area contributed by atoms with Crippen LogP contribution in [0.15, 0.2) is 36.1 Å². The second-order valence-corrected chi connectivity index (χ2v) is 5.11. The van der Waals surface area contributed by atoms with E-state index in [1.165, 1.54) is 22.3 Å². The van der Waals surface area contributed by atoms with Crippen LogP contribution in [0.3, 0.4) is 0 Å². The van der Waals surface area contributed by atoms with Crippen molar-refractivity contribution in [2.75, 3.05) is 6.54 Å². The zero-order valence-electron chi connectivity index (χ0n) is 11.4. The molecule has 1 aromatic heterocycles. The van der Waals surface area contributed by atoms with Gasteiger partial charge in [0.05, 0.1) is 11.7 Å². The summed E-state index contributed by atoms with van der Waals surface area (Å²) in [6, 6.07) is 4.39. The molecule has 1 aliphatic carbocycles. The number of hydrogen-bond donors (Lipinski definition) is 2. The molecule has 3 nitrogen and oxygen atoms in total. The standard InChI is InChI=1S/C16H19N3/c1-3-4-13(15-6-11(15)8-17)14-7-16-12(5-10(14)2)9-18-19-16/h4-7,9,11H,3,8,17H2,1-2H3,(H,18,19). The van der Waals surface area contributed by atoms with Crippen molar-refractivity contribution >= 4 is 16.5 Å². The van der Waals surface area contributed by atoms with E-state index < -0.39 is 0 Å². The first kappa shape index (κ1) is 12.2. The summed E-state index contributed by atoms with van der Waals surface area (Å²) in [6.45, 7) is 5.04. The summed E-state index contributed by atoms with van der Waals surface area (Å²) in [7, 11) is 0. The van der Waals surface area contributed by atoms with Crippen molar-refractivity contribution in [1.82, 2.24) is 10.2 Å². The Balaban J connectivity index is 2.07. The number of aromatic amines is 1. The fourth-order valence-corrected chi connectivity index (χ4v) is 2.64. The summed E-state index contributed by atoms with van der Waals surface area (Å²) >= 11 is 0. The molecule has 0 bridgehead atoms. The van der Waals surface area contributed by atoms with E-state index in [2.05, 4.69) is 48.3 Å². The molecule has 1 heterocycles. The Labute approximate surface area is 113 Å². The van der Waals surface area contributed by atoms with Crippen LogP contribution in [0.25, 0.3) is 16.5 Å². The predicted octanol–water partition coefficient (Wildman–Crippen LogP) is 3.18. The molecule has 98 valence electrons. The largest absolute Gasteiger partial charge is 0.330 e. The first-order valence-electron chi connectivity index (χ1n) is 6.81. The lowest BCUT2D eigenvalue weighted by molar-refractivity contribution is 0.899. The van der Waals surface area contributed by atoms with Gasteiger partial charge in [-0.1, -0.05) is 19.1 Å². The van der Waals surface area contributed by atoms with Gasteiger partial charge in [-0.3, -0.25) is 5.10 Å². The number of nitrogens with zero attached hydrogens (tertiary/aromatic N) is 1. The van der Waals surface area contributed by atoms with Crippen molar-refractivity contribution in [2.45, 2.75) is 20.3 Å². The van der Waals surface area contributed by atoms with E-state index in [4.69, 9.17) is 5.73 Å². The van der Waals surface area contributed by atoms with Gasteiger partial charge in [-0.15, -0.1) is 0 Å². The maximum absolute atomic E-state index is 5.75. The number of fused-ring (bicyclic) bond motifs is 1. The van der Waals surface area contributed by atoms with Crippen molar-refractivity contribution in [3.8, 4) is 0 Å². The first-order chi connectivity index (χ1) is 9.24. The third-order valence-corrected chi connectivity index (χ3v) is 3.72. The molecule has 1 aromatic carbocycles. The molecule has 3 N–H and O–H groups in total. The van der Waals surface area contributed by atoms with Gasteiger partial charge >= 0.3 is 0 Å². The Morgan fingerprint density at radius 2 is 2.32 bits per heavy atom. The Morgan fingerprint density at radius 3 is 3.00 bits per heavy atom. The highest BCUT2D eigenvalue weighted by Crippen LogP contribution is 2.41. The van der Waals surface area contributed by atoms with Gasteiger partial charge in [0.2, 0.25) is 0 Å². The van der Waals surface area contributed by atoms with Gasteiger partial charge in [-0.05, 0) is 47.8 Å². The average Bonchev–Trinajstić information content (AvgIpc) is 3.05. The van der Waals surface area contributed by atoms with Crippen molar-refractivity contribution < 1.29 is 0 Å². The fraction of sp³-hybridized carbons (Fsp3) is 0.312. The number of benzene rings is 1. The topological polar surface area (TPSA) is 54.7 Å². The summed E-state index contributed by atoms with van der Waals surface area (Å²) in [6.07, 6.45) is 7.46. The number of allylic oxidation sites excluding steroid dienone is 2. The summed E-state index contributed by atoms with van der Waals surface area (Å²) in [5.41, 5.74) is 12.2. The van der Waals surface area contributed by atoms with E-state index in [-0.39, 0.29) is 0 Å². The molecule has 0 spiro atoms. The molecule has 0 amide bonds. The van der Waals surface area contributed by atoms with E-state index in [1.54, 1.807) is 0 Å². The molecule has 1 aliphatic rings. The van der Waals surface area contributed by atoms with Crippen molar-refractivity contribution in [1.29, 1.82) is 0 Å². The Bertz CT molecular complexity index is 676. The van der Waals surface area contributed by atoms with Crippen LogP contribution in [0.2, 0.25) is 0 Å². The molecule has 0 saturated heterocycles. The minimum atomic E-state index is 0.467. The van der Waals surface area contributed by atoms with Gasteiger partial charge in [0.15, 0.2) is 0 Å². The third kappa shape index (κ3) is 2.10. The molecule has 1 atom stereocenters. The maximum atomic E-state index is 5.75. The quantitative estimate of drug-likeness (QED) is 0.879. The monoisotopic (exact) mass is 253 g/mol. The number of aryl methyl sites for hydroxylation is 1. The van der Waals surface area contributed by atoms with E-state index in [0.29, 0.717) is 12.5 Å². The van der Waals surface area contributed by atoms with Crippen LogP contribution >= 0.6 is 0 Å². The lowest BCUT2D eigenvalue weighted by atomic mass is 9.95. The van der Waals surface area contributed by atoms with Gasteiger partial charge in [-0.25, -0.2) is 0 Å². The second kappa shape index (κ2) is 4.67. The van der Waals surface area contributed by atoms with Gasteiger partial charge in [0, 0.05) is 17.8 Å². The number of hydrogen-bond acceptors (Lipinski definition) is 2. The first-order valence-corrected chi connectivity index (χ1v) is 6.81. The zero-order chi connectivity index (χ0) is 13.4. The number of aromatic nitrogens is 2. The van der Waals surface area contributed by atoms with Crippen LogP contribution in [-0.2, 0) is 0 Å². The van der Waals surface area contributed by atoms with E-state index in [9.17, 15) is 0 Å². The maximum Gasteiger partial charge on any atom is 0.0656 e. The number of H-pyrrole nitrogens is 1. The number of rotatable bonds is 4. The summed E-state index contributed by atoms with van der Waals surface area (Å²) in [4.78, 5) is 0.